The third-order valence-corrected chi connectivity index (χ3v) is 11.0. The van der Waals surface area contributed by atoms with Gasteiger partial charge in [0.1, 0.15) is 18.0 Å². The lowest BCUT2D eigenvalue weighted by Gasteiger charge is -2.49. The van der Waals surface area contributed by atoms with Crippen LogP contribution in [0.15, 0.2) is 30.3 Å². The molecule has 7 N–H and O–H groups in total. The first-order chi connectivity index (χ1) is 25.0. The summed E-state index contributed by atoms with van der Waals surface area (Å²) >= 11 is 0. The monoisotopic (exact) mass is 740 g/mol. The Morgan fingerprint density at radius 2 is 1.68 bits per heavy atom. The molecule has 3 aliphatic rings. The molecule has 15 nitrogen and oxygen atoms in total. The average Bonchev–Trinajstić information content (AvgIpc) is 3.53. The normalized spacial score (nSPS) is 27.3. The van der Waals surface area contributed by atoms with Gasteiger partial charge in [0, 0.05) is 63.6 Å². The highest BCUT2D eigenvalue weighted by molar-refractivity contribution is 5.97. The first kappa shape index (κ1) is 40.1. The van der Waals surface area contributed by atoms with Gasteiger partial charge in [0.15, 0.2) is 5.60 Å². The number of aliphatic hydroxyl groups excluding tert-OH is 3. The van der Waals surface area contributed by atoms with E-state index in [0.717, 1.165) is 11.1 Å². The van der Waals surface area contributed by atoms with Gasteiger partial charge in [0.2, 0.25) is 5.91 Å². The predicted octanol–water partition coefficient (Wildman–Crippen LogP) is 0.563. The molecule has 0 radical (unpaired) electrons. The summed E-state index contributed by atoms with van der Waals surface area (Å²) in [6.07, 6.45) is -6.56. The quantitative estimate of drug-likeness (QED) is 0.168. The highest BCUT2D eigenvalue weighted by Crippen LogP contribution is 2.38. The number of benzene rings is 2. The summed E-state index contributed by atoms with van der Waals surface area (Å²) in [5, 5.41) is 59.5. The highest BCUT2D eigenvalue weighted by atomic mass is 16.6. The van der Waals surface area contributed by atoms with Gasteiger partial charge in [-0.2, -0.15) is 0 Å². The number of amides is 3. The Bertz CT molecular complexity index is 1680. The number of hydrogen-bond donors (Lipinski definition) is 7. The number of likely N-dealkylation sites (tertiary alicyclic amines) is 1. The van der Waals surface area contributed by atoms with Crippen molar-refractivity contribution in [3.05, 3.63) is 63.7 Å². The number of rotatable bonds is 11. The number of carbonyl (C=O) groups excluding carboxylic acids is 3. The maximum Gasteiger partial charge on any atom is 0.336 e. The number of hydrogen-bond acceptors (Lipinski definition) is 11. The fourth-order valence-corrected chi connectivity index (χ4v) is 8.04. The van der Waals surface area contributed by atoms with Crippen LogP contribution in [-0.2, 0) is 19.1 Å². The molecule has 1 spiro atoms. The van der Waals surface area contributed by atoms with Gasteiger partial charge >= 0.3 is 5.97 Å². The first-order valence-electron chi connectivity index (χ1n) is 18.0. The number of phenols is 1. The molecule has 0 saturated carbocycles. The third-order valence-electron chi connectivity index (χ3n) is 11.0. The molecule has 3 heterocycles. The fraction of sp³-hybridized carbons (Fsp3) is 0.579. The van der Waals surface area contributed by atoms with Crippen molar-refractivity contribution in [1.82, 2.24) is 20.4 Å². The minimum atomic E-state index is -2.03. The van der Waals surface area contributed by atoms with Gasteiger partial charge < -0.3 is 50.5 Å². The molecule has 15 heteroatoms. The zero-order valence-electron chi connectivity index (χ0n) is 30.9. The minimum absolute atomic E-state index is 0.0493. The van der Waals surface area contributed by atoms with Gasteiger partial charge in [-0.1, -0.05) is 18.2 Å². The van der Waals surface area contributed by atoms with E-state index in [4.69, 9.17) is 9.47 Å². The van der Waals surface area contributed by atoms with Crippen LogP contribution < -0.4 is 10.6 Å². The van der Waals surface area contributed by atoms with E-state index >= 15 is 0 Å². The number of carboxylic acid groups (broad SMARTS) is 1. The maximum atomic E-state index is 13.7. The summed E-state index contributed by atoms with van der Waals surface area (Å²) in [7, 11) is 0. The molecule has 0 unspecified atom stereocenters. The van der Waals surface area contributed by atoms with E-state index in [9.17, 15) is 44.7 Å². The van der Waals surface area contributed by atoms with Crippen LogP contribution in [-0.4, -0.2) is 147 Å². The number of nitrogens with one attached hydrogen (secondary N) is 2. The largest absolute Gasteiger partial charge is 0.507 e. The third kappa shape index (κ3) is 8.35. The van der Waals surface area contributed by atoms with Gasteiger partial charge in [-0.15, -0.1) is 0 Å². The number of phenolic OH excluding ortho intramolecular Hbond substituents is 1. The van der Waals surface area contributed by atoms with Crippen molar-refractivity contribution >= 4 is 23.7 Å². The lowest BCUT2D eigenvalue weighted by molar-refractivity contribution is -0.231. The Balaban J connectivity index is 1.32. The summed E-state index contributed by atoms with van der Waals surface area (Å²) in [6.45, 7) is 10.0. The number of aliphatic hydroxyl groups is 3. The zero-order valence-corrected chi connectivity index (χ0v) is 30.9. The summed E-state index contributed by atoms with van der Waals surface area (Å²) in [5.41, 5.74) is 0.972. The molecule has 0 aromatic heterocycles. The Morgan fingerprint density at radius 3 is 2.30 bits per heavy atom. The number of aliphatic carboxylic acids is 1. The van der Waals surface area contributed by atoms with Crippen molar-refractivity contribution < 1.29 is 54.2 Å². The molecule has 3 saturated heterocycles. The topological polar surface area (TPSA) is 218 Å². The van der Waals surface area contributed by atoms with Crippen LogP contribution in [0.25, 0.3) is 0 Å². The molecular formula is C38H52N4O11. The SMILES string of the molecule is CC(=O)N[C@H]1[C@H]([C@H](O)[C@H](O)CNC(=O)c2cc(C)c(O)c(C)c2)O[C@@](CCN2CCOC[C@@]23CCN(C(=O)c2c(C)cccc2C)C3)(C(=O)O)C[C@@H]1O. The van der Waals surface area contributed by atoms with Gasteiger partial charge in [-0.25, -0.2) is 4.79 Å². The molecule has 3 aliphatic heterocycles. The van der Waals surface area contributed by atoms with Gasteiger partial charge in [-0.3, -0.25) is 19.3 Å². The van der Waals surface area contributed by atoms with Crippen LogP contribution in [0, 0.1) is 27.7 Å². The van der Waals surface area contributed by atoms with Crippen LogP contribution in [0.2, 0.25) is 0 Å². The van der Waals surface area contributed by atoms with Crippen molar-refractivity contribution in [2.24, 2.45) is 0 Å². The molecule has 53 heavy (non-hydrogen) atoms. The molecule has 2 aromatic rings. The maximum absolute atomic E-state index is 13.7. The number of carboxylic acids is 1. The molecular weight excluding hydrogens is 688 g/mol. The number of morpholine rings is 1. The zero-order chi connectivity index (χ0) is 38.8. The lowest BCUT2D eigenvalue weighted by atomic mass is 9.81. The van der Waals surface area contributed by atoms with E-state index in [2.05, 4.69) is 15.5 Å². The lowest BCUT2D eigenvalue weighted by Crippen LogP contribution is -2.68. The van der Waals surface area contributed by atoms with Crippen molar-refractivity contribution in [3.8, 4) is 5.75 Å². The second kappa shape index (κ2) is 16.1. The van der Waals surface area contributed by atoms with Gasteiger partial charge in [0.05, 0.1) is 37.0 Å². The Kier molecular flexibility index (Phi) is 12.2. The molecule has 2 aromatic carbocycles. The van der Waals surface area contributed by atoms with E-state index < -0.39 is 72.3 Å². The van der Waals surface area contributed by atoms with Crippen LogP contribution in [0.3, 0.4) is 0 Å². The molecule has 0 bridgehead atoms. The standard InChI is InChI=1S/C38H52N4O11/c1-21-7-6-8-22(2)29(21)35(49)41-11-9-37(19-41)20-52-14-13-42(37)12-10-38(36(50)51)17-27(44)30(40-25(5)43)33(53-38)32(47)28(45)18-39-34(48)26-15-23(3)31(46)24(4)16-26/h6-8,15-16,27-28,30,32-33,44-47H,9-14,17-20H2,1-5H3,(H,39,48)(H,40,43)(H,50,51)/t27-,28+,30+,32+,33+,37-,38+/m0/s1. The number of aryl methyl sites for hydroxylation is 4. The van der Waals surface area contributed by atoms with Gasteiger partial charge in [0.25, 0.3) is 11.8 Å². The van der Waals surface area contributed by atoms with Crippen molar-refractivity contribution in [1.29, 1.82) is 0 Å². The van der Waals surface area contributed by atoms with E-state index in [-0.39, 0.29) is 30.2 Å². The number of carbonyl (C=O) groups is 4. The van der Waals surface area contributed by atoms with Crippen LogP contribution >= 0.6 is 0 Å². The van der Waals surface area contributed by atoms with E-state index in [1.807, 2.05) is 32.0 Å². The molecule has 0 aliphatic carbocycles. The summed E-state index contributed by atoms with van der Waals surface area (Å²) in [5.74, 6) is -2.58. The van der Waals surface area contributed by atoms with Crippen LogP contribution in [0.5, 0.6) is 5.75 Å². The van der Waals surface area contributed by atoms with Crippen molar-refractivity contribution in [2.75, 3.05) is 45.9 Å². The highest BCUT2D eigenvalue weighted by Gasteiger charge is 2.55. The van der Waals surface area contributed by atoms with Crippen LogP contribution in [0.1, 0.15) is 69.2 Å². The van der Waals surface area contributed by atoms with Gasteiger partial charge in [-0.05, 0) is 68.5 Å². The van der Waals surface area contributed by atoms with Crippen molar-refractivity contribution in [3.63, 3.8) is 0 Å². The fourth-order valence-electron chi connectivity index (χ4n) is 8.04. The van der Waals surface area contributed by atoms with Crippen LogP contribution in [0.4, 0.5) is 0 Å². The number of aromatic hydroxyl groups is 1. The smallest absolute Gasteiger partial charge is 0.336 e. The number of nitrogens with zero attached hydrogens (tertiary/aromatic N) is 2. The minimum Gasteiger partial charge on any atom is -0.507 e. The van der Waals surface area contributed by atoms with E-state index in [1.165, 1.54) is 19.1 Å². The predicted molar refractivity (Wildman–Crippen MR) is 192 cm³/mol. The summed E-state index contributed by atoms with van der Waals surface area (Å²) in [4.78, 5) is 55.7. The molecule has 3 fully saturated rings. The van der Waals surface area contributed by atoms with Crippen molar-refractivity contribution in [2.45, 2.75) is 95.5 Å². The first-order valence-corrected chi connectivity index (χ1v) is 18.0. The molecule has 3 amide bonds. The summed E-state index contributed by atoms with van der Waals surface area (Å²) in [6, 6.07) is 7.38. The molecule has 7 atom stereocenters. The summed E-state index contributed by atoms with van der Waals surface area (Å²) < 4.78 is 12.1. The van der Waals surface area contributed by atoms with E-state index in [1.54, 1.807) is 18.7 Å². The Hall–Kier alpha value is -4.12. The second-order valence-electron chi connectivity index (χ2n) is 14.9. The van der Waals surface area contributed by atoms with E-state index in [0.29, 0.717) is 56.0 Å². The average molecular weight is 741 g/mol. The molecule has 5 rings (SSSR count). The number of ether oxygens (including phenoxy) is 2. The Morgan fingerprint density at radius 1 is 1.02 bits per heavy atom. The Labute approximate surface area is 308 Å². The molecule has 290 valence electrons. The second-order valence-corrected chi connectivity index (χ2v) is 14.9.